The Bertz CT molecular complexity index is 237. The van der Waals surface area contributed by atoms with Crippen molar-refractivity contribution in [3.63, 3.8) is 0 Å². The van der Waals surface area contributed by atoms with Gasteiger partial charge in [0.05, 0.1) is 12.1 Å². The number of nitrogens with zero attached hydrogens (tertiary/aromatic N) is 1. The molecule has 1 heterocycles. The Morgan fingerprint density at radius 3 is 2.60 bits per heavy atom. The lowest BCUT2D eigenvalue weighted by atomic mass is 10.4. The first kappa shape index (κ1) is 7.63. The topological polar surface area (TPSA) is 29.9 Å². The smallest absolute Gasteiger partial charge is 0.286 e. The quantitative estimate of drug-likeness (QED) is 0.598. The van der Waals surface area contributed by atoms with Crippen molar-refractivity contribution in [2.45, 2.75) is 0 Å². The number of nitrogen functional groups attached to an aromatic ring is 1. The first-order valence-electron chi connectivity index (χ1n) is 2.71. The molecule has 0 atom stereocenters. The number of aromatic nitrogens is 1. The third-order valence-electron chi connectivity index (χ3n) is 1.21. The van der Waals surface area contributed by atoms with Gasteiger partial charge in [0.1, 0.15) is 11.2 Å². The van der Waals surface area contributed by atoms with Crippen LogP contribution < -0.4 is 10.3 Å². The SMILES string of the molecule is C[n+]1cc(Cl)cc(Cl)c1N. The number of halogens is 2. The molecule has 0 saturated heterocycles. The molecule has 0 saturated carbocycles. The van der Waals surface area contributed by atoms with Gasteiger partial charge >= 0.3 is 0 Å². The Morgan fingerprint density at radius 1 is 1.50 bits per heavy atom. The summed E-state index contributed by atoms with van der Waals surface area (Å²) in [6.07, 6.45) is 1.70. The van der Waals surface area contributed by atoms with Crippen molar-refractivity contribution in [2.75, 3.05) is 5.73 Å². The molecular formula is C6H7Cl2N2+. The highest BCUT2D eigenvalue weighted by atomic mass is 35.5. The largest absolute Gasteiger partial charge is 0.291 e. The molecule has 0 aromatic carbocycles. The van der Waals surface area contributed by atoms with Crippen molar-refractivity contribution in [3.05, 3.63) is 22.3 Å². The fourth-order valence-electron chi connectivity index (χ4n) is 0.655. The third kappa shape index (κ3) is 1.33. The minimum atomic E-state index is 0.481. The van der Waals surface area contributed by atoms with Gasteiger partial charge in [0, 0.05) is 0 Å². The van der Waals surface area contributed by atoms with Crippen molar-refractivity contribution >= 4 is 29.0 Å². The predicted molar refractivity (Wildman–Crippen MR) is 42.1 cm³/mol. The summed E-state index contributed by atoms with van der Waals surface area (Å²) in [4.78, 5) is 0. The number of hydrogen-bond donors (Lipinski definition) is 1. The molecule has 4 heteroatoms. The van der Waals surface area contributed by atoms with Crippen LogP contribution in [-0.4, -0.2) is 0 Å². The number of aryl methyl sites for hydroxylation is 1. The zero-order valence-electron chi connectivity index (χ0n) is 5.44. The van der Waals surface area contributed by atoms with E-state index in [-0.39, 0.29) is 0 Å². The van der Waals surface area contributed by atoms with Crippen molar-refractivity contribution < 1.29 is 4.57 Å². The lowest BCUT2D eigenvalue weighted by Crippen LogP contribution is -2.31. The summed E-state index contributed by atoms with van der Waals surface area (Å²) in [5.74, 6) is 0.520. The second-order valence-corrected chi connectivity index (χ2v) is 2.85. The second-order valence-electron chi connectivity index (χ2n) is 2.00. The summed E-state index contributed by atoms with van der Waals surface area (Å²) < 4.78 is 1.67. The van der Waals surface area contributed by atoms with E-state index >= 15 is 0 Å². The summed E-state index contributed by atoms with van der Waals surface area (Å²) in [6, 6.07) is 1.61. The molecule has 0 aliphatic heterocycles. The Hall–Kier alpha value is -0.470. The van der Waals surface area contributed by atoms with E-state index < -0.39 is 0 Å². The lowest BCUT2D eigenvalue weighted by molar-refractivity contribution is -0.656. The van der Waals surface area contributed by atoms with Gasteiger partial charge in [-0.25, -0.2) is 4.57 Å². The minimum Gasteiger partial charge on any atom is -0.286 e. The van der Waals surface area contributed by atoms with Crippen LogP contribution in [0, 0.1) is 0 Å². The Morgan fingerprint density at radius 2 is 2.10 bits per heavy atom. The number of nitrogens with two attached hydrogens (primary N) is 1. The first-order valence-corrected chi connectivity index (χ1v) is 3.47. The van der Waals surface area contributed by atoms with E-state index in [1.807, 2.05) is 0 Å². The van der Waals surface area contributed by atoms with Gasteiger partial charge in [0.25, 0.3) is 5.82 Å². The van der Waals surface area contributed by atoms with Crippen LogP contribution >= 0.6 is 23.2 Å². The number of anilines is 1. The normalized spacial score (nSPS) is 9.90. The second kappa shape index (κ2) is 2.64. The summed E-state index contributed by atoms with van der Waals surface area (Å²) >= 11 is 11.4. The fourth-order valence-corrected chi connectivity index (χ4v) is 1.22. The molecule has 1 aromatic rings. The van der Waals surface area contributed by atoms with Crippen molar-refractivity contribution in [1.82, 2.24) is 0 Å². The van der Waals surface area contributed by atoms with Gasteiger partial charge in [-0.15, -0.1) is 0 Å². The molecular weight excluding hydrogens is 171 g/mol. The predicted octanol–water partition coefficient (Wildman–Crippen LogP) is 1.40. The molecule has 1 aromatic heterocycles. The fraction of sp³-hybridized carbons (Fsp3) is 0.167. The van der Waals surface area contributed by atoms with Crippen LogP contribution in [0.2, 0.25) is 10.0 Å². The van der Waals surface area contributed by atoms with E-state index in [4.69, 9.17) is 28.9 Å². The zero-order valence-corrected chi connectivity index (χ0v) is 6.95. The summed E-state index contributed by atoms with van der Waals surface area (Å²) in [5, 5.41) is 1.07. The van der Waals surface area contributed by atoms with Crippen LogP contribution in [-0.2, 0) is 7.05 Å². The molecule has 54 valence electrons. The molecule has 1 rings (SSSR count). The Kier molecular flexibility index (Phi) is 2.02. The van der Waals surface area contributed by atoms with E-state index in [1.165, 1.54) is 0 Å². The highest BCUT2D eigenvalue weighted by molar-refractivity contribution is 6.35. The molecule has 0 aliphatic rings. The van der Waals surface area contributed by atoms with Crippen molar-refractivity contribution in [2.24, 2.45) is 7.05 Å². The lowest BCUT2D eigenvalue weighted by Gasteiger charge is -1.97. The molecule has 2 N–H and O–H groups in total. The van der Waals surface area contributed by atoms with Gasteiger partial charge in [-0.3, -0.25) is 5.73 Å². The molecule has 2 nitrogen and oxygen atoms in total. The van der Waals surface area contributed by atoms with Crippen LogP contribution in [0.15, 0.2) is 12.3 Å². The molecule has 0 fully saturated rings. The molecule has 0 radical (unpaired) electrons. The van der Waals surface area contributed by atoms with Crippen LogP contribution in [0.1, 0.15) is 0 Å². The molecule has 0 aliphatic carbocycles. The molecule has 0 amide bonds. The summed E-state index contributed by atoms with van der Waals surface area (Å²) in [6.45, 7) is 0. The Labute approximate surface area is 69.2 Å². The van der Waals surface area contributed by atoms with Gasteiger partial charge in [-0.2, -0.15) is 0 Å². The van der Waals surface area contributed by atoms with Crippen LogP contribution in [0.5, 0.6) is 0 Å². The number of rotatable bonds is 0. The van der Waals surface area contributed by atoms with Crippen molar-refractivity contribution in [3.8, 4) is 0 Å². The van der Waals surface area contributed by atoms with E-state index in [1.54, 1.807) is 23.9 Å². The average Bonchev–Trinajstić information content (AvgIpc) is 1.82. The van der Waals surface area contributed by atoms with Gasteiger partial charge in [0.15, 0.2) is 0 Å². The van der Waals surface area contributed by atoms with E-state index in [0.29, 0.717) is 15.9 Å². The molecule has 10 heavy (non-hydrogen) atoms. The molecule has 0 unspecified atom stereocenters. The van der Waals surface area contributed by atoms with E-state index in [9.17, 15) is 0 Å². The zero-order chi connectivity index (χ0) is 7.72. The monoisotopic (exact) mass is 177 g/mol. The highest BCUT2D eigenvalue weighted by Gasteiger charge is 2.06. The number of pyridine rings is 1. The van der Waals surface area contributed by atoms with Gasteiger partial charge in [0.2, 0.25) is 0 Å². The maximum atomic E-state index is 5.69. The third-order valence-corrected chi connectivity index (χ3v) is 1.72. The number of hydrogen-bond acceptors (Lipinski definition) is 1. The van der Waals surface area contributed by atoms with Gasteiger partial charge in [-0.1, -0.05) is 23.2 Å². The highest BCUT2D eigenvalue weighted by Crippen LogP contribution is 2.17. The van der Waals surface area contributed by atoms with Crippen LogP contribution in [0.25, 0.3) is 0 Å². The van der Waals surface area contributed by atoms with E-state index in [2.05, 4.69) is 0 Å². The first-order chi connectivity index (χ1) is 4.61. The van der Waals surface area contributed by atoms with Crippen molar-refractivity contribution in [1.29, 1.82) is 0 Å². The molecule has 0 spiro atoms. The van der Waals surface area contributed by atoms with E-state index in [0.717, 1.165) is 0 Å². The Balaban J connectivity index is 3.31. The maximum Gasteiger partial charge on any atom is 0.291 e. The standard InChI is InChI=1S/C6H6Cl2N2/c1-10-3-4(7)2-5(8)6(10)9/h2-3,9H,1H3/p+1. The molecule has 0 bridgehead atoms. The van der Waals surface area contributed by atoms with Gasteiger partial charge < -0.3 is 0 Å². The summed E-state index contributed by atoms with van der Waals surface area (Å²) in [5.41, 5.74) is 5.52. The maximum absolute atomic E-state index is 5.69. The van der Waals surface area contributed by atoms with Gasteiger partial charge in [-0.05, 0) is 6.07 Å². The minimum absolute atomic E-state index is 0.481. The summed E-state index contributed by atoms with van der Waals surface area (Å²) in [7, 11) is 1.78. The van der Waals surface area contributed by atoms with Crippen LogP contribution in [0.3, 0.4) is 0 Å². The van der Waals surface area contributed by atoms with Crippen LogP contribution in [0.4, 0.5) is 5.82 Å². The average molecular weight is 178 g/mol.